The highest BCUT2D eigenvalue weighted by Crippen LogP contribution is 2.42. The molecule has 0 atom stereocenters. The van der Waals surface area contributed by atoms with Crippen LogP contribution >= 0.6 is 34.0 Å². The average molecular weight is 350 g/mol. The molecule has 10 heteroatoms. The zero-order valence-corrected chi connectivity index (χ0v) is 12.0. The van der Waals surface area contributed by atoms with E-state index >= 15 is 0 Å². The number of hydrogen-bond acceptors (Lipinski definition) is 4. The fraction of sp³-hybridized carbons (Fsp3) is 0.222. The minimum atomic E-state index is -4.68. The number of thioether (sulfide) groups is 1. The van der Waals surface area contributed by atoms with Crippen LogP contribution < -0.4 is 0 Å². The second-order valence-electron chi connectivity index (χ2n) is 3.15. The zero-order chi connectivity index (χ0) is 14.8. The molecule has 0 N–H and O–H groups in total. The maximum absolute atomic E-state index is 12.4. The molecular formula is C9H4Cl2F3NO2S2. The second-order valence-corrected chi connectivity index (χ2v) is 7.03. The standard InChI is InChI=1S/C9H4Cl2F3NO2S2/c10-3-6-7(19(11,16)17)2-1-5(4-15)8(6)18-9(12,13)14/h1-2H,3H2. The Morgan fingerprint density at radius 2 is 1.95 bits per heavy atom. The highest BCUT2D eigenvalue weighted by atomic mass is 35.7. The van der Waals surface area contributed by atoms with Crippen molar-refractivity contribution in [2.45, 2.75) is 21.2 Å². The van der Waals surface area contributed by atoms with Gasteiger partial charge in [-0.1, -0.05) is 0 Å². The first-order chi connectivity index (χ1) is 8.60. The van der Waals surface area contributed by atoms with Gasteiger partial charge in [0.25, 0.3) is 9.05 Å². The lowest BCUT2D eigenvalue weighted by atomic mass is 10.1. The van der Waals surface area contributed by atoms with Crippen LogP contribution in [-0.2, 0) is 14.9 Å². The highest BCUT2D eigenvalue weighted by Gasteiger charge is 2.33. The second kappa shape index (κ2) is 5.79. The first-order valence-electron chi connectivity index (χ1n) is 4.42. The van der Waals surface area contributed by atoms with Crippen molar-refractivity contribution in [3.8, 4) is 6.07 Å². The van der Waals surface area contributed by atoms with Gasteiger partial charge in [0, 0.05) is 27.0 Å². The van der Waals surface area contributed by atoms with Gasteiger partial charge in [-0.05, 0) is 23.9 Å². The predicted molar refractivity (Wildman–Crippen MR) is 65.7 cm³/mol. The molecule has 0 heterocycles. The summed E-state index contributed by atoms with van der Waals surface area (Å²) >= 11 is 4.89. The van der Waals surface area contributed by atoms with Crippen LogP contribution in [0, 0.1) is 11.3 Å². The van der Waals surface area contributed by atoms with E-state index in [1.165, 1.54) is 0 Å². The van der Waals surface area contributed by atoms with Gasteiger partial charge >= 0.3 is 5.51 Å². The van der Waals surface area contributed by atoms with Crippen LogP contribution in [0.1, 0.15) is 11.1 Å². The van der Waals surface area contributed by atoms with Gasteiger partial charge in [-0.25, -0.2) is 8.42 Å². The third kappa shape index (κ3) is 4.18. The molecule has 1 aromatic carbocycles. The van der Waals surface area contributed by atoms with Crippen molar-refractivity contribution < 1.29 is 21.6 Å². The Bertz CT molecular complexity index is 638. The summed E-state index contributed by atoms with van der Waals surface area (Å²) in [5.41, 5.74) is -5.33. The van der Waals surface area contributed by atoms with Crippen molar-refractivity contribution in [1.82, 2.24) is 0 Å². The monoisotopic (exact) mass is 349 g/mol. The summed E-state index contributed by atoms with van der Waals surface area (Å²) in [5.74, 6) is -0.519. The van der Waals surface area contributed by atoms with Crippen molar-refractivity contribution in [1.29, 1.82) is 5.26 Å². The summed E-state index contributed by atoms with van der Waals surface area (Å²) < 4.78 is 59.8. The zero-order valence-electron chi connectivity index (χ0n) is 8.83. The molecule has 0 unspecified atom stereocenters. The normalized spacial score (nSPS) is 12.2. The summed E-state index contributed by atoms with van der Waals surface area (Å²) in [6.07, 6.45) is 0. The van der Waals surface area contributed by atoms with Crippen LogP contribution in [0.2, 0.25) is 0 Å². The molecule has 0 aliphatic rings. The molecule has 1 aromatic rings. The van der Waals surface area contributed by atoms with Gasteiger partial charge in [-0.2, -0.15) is 18.4 Å². The molecule has 0 aliphatic heterocycles. The lowest BCUT2D eigenvalue weighted by Crippen LogP contribution is -2.06. The molecule has 0 aliphatic carbocycles. The van der Waals surface area contributed by atoms with Crippen molar-refractivity contribution in [3.05, 3.63) is 23.3 Å². The molecule has 0 spiro atoms. The quantitative estimate of drug-likeness (QED) is 0.472. The molecule has 0 aromatic heterocycles. The largest absolute Gasteiger partial charge is 0.446 e. The molecule has 19 heavy (non-hydrogen) atoms. The fourth-order valence-electron chi connectivity index (χ4n) is 1.29. The van der Waals surface area contributed by atoms with Crippen LogP contribution in [0.15, 0.2) is 21.9 Å². The summed E-state index contributed by atoms with van der Waals surface area (Å²) in [5, 5.41) is 8.77. The lowest BCUT2D eigenvalue weighted by Gasteiger charge is -2.13. The smallest absolute Gasteiger partial charge is 0.207 e. The SMILES string of the molecule is N#Cc1ccc(S(=O)(=O)Cl)c(CCl)c1SC(F)(F)F. The predicted octanol–water partition coefficient (Wildman–Crippen LogP) is 3.84. The number of hydrogen-bond donors (Lipinski definition) is 0. The Kier molecular flexibility index (Phi) is 5.01. The molecular weight excluding hydrogens is 346 g/mol. The summed E-state index contributed by atoms with van der Waals surface area (Å²) in [6, 6.07) is 3.47. The van der Waals surface area contributed by atoms with Gasteiger partial charge in [0.2, 0.25) is 0 Å². The Balaban J connectivity index is 3.62. The van der Waals surface area contributed by atoms with E-state index < -0.39 is 42.0 Å². The summed E-state index contributed by atoms with van der Waals surface area (Å²) in [7, 11) is 0.870. The first kappa shape index (κ1) is 16.4. The minimum Gasteiger partial charge on any atom is -0.207 e. The molecule has 0 radical (unpaired) electrons. The van der Waals surface area contributed by atoms with Crippen LogP contribution in [0.3, 0.4) is 0 Å². The maximum Gasteiger partial charge on any atom is 0.446 e. The third-order valence-electron chi connectivity index (χ3n) is 1.95. The van der Waals surface area contributed by atoms with E-state index in [1.54, 1.807) is 6.07 Å². The first-order valence-corrected chi connectivity index (χ1v) is 8.08. The Labute approximate surface area is 120 Å². The third-order valence-corrected chi connectivity index (χ3v) is 4.53. The Hall–Kier alpha value is -0.620. The number of rotatable bonds is 3. The summed E-state index contributed by atoms with van der Waals surface area (Å²) in [4.78, 5) is -1.08. The minimum absolute atomic E-state index is 0.318. The number of halogens is 5. The Morgan fingerprint density at radius 1 is 1.37 bits per heavy atom. The van der Waals surface area contributed by atoms with E-state index in [2.05, 4.69) is 0 Å². The highest BCUT2D eigenvalue weighted by molar-refractivity contribution is 8.13. The molecule has 104 valence electrons. The van der Waals surface area contributed by atoms with Gasteiger partial charge in [0.1, 0.15) is 6.07 Å². The van der Waals surface area contributed by atoms with Crippen LogP contribution in [0.4, 0.5) is 13.2 Å². The van der Waals surface area contributed by atoms with E-state index in [0.29, 0.717) is 0 Å². The van der Waals surface area contributed by atoms with Gasteiger partial charge in [0.05, 0.1) is 10.5 Å². The van der Waals surface area contributed by atoms with E-state index in [1.807, 2.05) is 0 Å². The molecule has 3 nitrogen and oxygen atoms in total. The van der Waals surface area contributed by atoms with Gasteiger partial charge < -0.3 is 0 Å². The van der Waals surface area contributed by atoms with Gasteiger partial charge in [-0.15, -0.1) is 11.6 Å². The Morgan fingerprint density at radius 3 is 2.32 bits per heavy atom. The average Bonchev–Trinajstić information content (AvgIpc) is 2.25. The molecule has 0 amide bonds. The van der Waals surface area contributed by atoms with Crippen LogP contribution in [0.25, 0.3) is 0 Å². The van der Waals surface area contributed by atoms with Gasteiger partial charge in [0.15, 0.2) is 0 Å². The molecule has 0 saturated heterocycles. The number of nitrogens with zero attached hydrogens (tertiary/aromatic N) is 1. The molecule has 0 saturated carbocycles. The van der Waals surface area contributed by atoms with Crippen molar-refractivity contribution in [3.63, 3.8) is 0 Å². The van der Waals surface area contributed by atoms with E-state index in [4.69, 9.17) is 27.5 Å². The molecule has 0 fully saturated rings. The molecule has 1 rings (SSSR count). The number of nitriles is 1. The van der Waals surface area contributed by atoms with Crippen molar-refractivity contribution >= 4 is 43.1 Å². The van der Waals surface area contributed by atoms with Crippen LogP contribution in [0.5, 0.6) is 0 Å². The molecule has 0 bridgehead atoms. The van der Waals surface area contributed by atoms with E-state index in [9.17, 15) is 21.6 Å². The number of benzene rings is 1. The van der Waals surface area contributed by atoms with E-state index in [0.717, 1.165) is 12.1 Å². The van der Waals surface area contributed by atoms with Gasteiger partial charge in [-0.3, -0.25) is 0 Å². The van der Waals surface area contributed by atoms with Crippen molar-refractivity contribution in [2.75, 3.05) is 0 Å². The van der Waals surface area contributed by atoms with Crippen LogP contribution in [-0.4, -0.2) is 13.9 Å². The van der Waals surface area contributed by atoms with Crippen molar-refractivity contribution in [2.24, 2.45) is 0 Å². The topological polar surface area (TPSA) is 57.9 Å². The fourth-order valence-corrected chi connectivity index (χ4v) is 3.68. The number of alkyl halides is 4. The summed E-state index contributed by atoms with van der Waals surface area (Å²) in [6.45, 7) is 0. The van der Waals surface area contributed by atoms with E-state index in [-0.39, 0.29) is 11.1 Å². The maximum atomic E-state index is 12.4. The lowest BCUT2D eigenvalue weighted by molar-refractivity contribution is -0.0328.